The second-order valence-corrected chi connectivity index (χ2v) is 2.96. The van der Waals surface area contributed by atoms with Gasteiger partial charge in [-0.1, -0.05) is 0 Å². The lowest BCUT2D eigenvalue weighted by Crippen LogP contribution is -2.02. The topological polar surface area (TPSA) is 9.23 Å². The molecular weight excluding hydrogens is 189 g/mol. The molecule has 0 unspecified atom stereocenters. The van der Waals surface area contributed by atoms with Gasteiger partial charge in [-0.15, -0.1) is 11.3 Å². The van der Waals surface area contributed by atoms with Crippen molar-refractivity contribution < 1.29 is 17.9 Å². The summed E-state index contributed by atoms with van der Waals surface area (Å²) in [5.74, 6) is 0. The van der Waals surface area contributed by atoms with Crippen molar-refractivity contribution in [3.05, 3.63) is 17.0 Å². The molecule has 1 rings (SSSR count). The monoisotopic (exact) mass is 196 g/mol. The molecule has 1 heterocycles. The molecule has 0 amide bonds. The normalized spacial score (nSPS) is 11.7. The summed E-state index contributed by atoms with van der Waals surface area (Å²) < 4.78 is 40.9. The van der Waals surface area contributed by atoms with Crippen LogP contribution in [-0.4, -0.2) is 6.61 Å². The van der Waals surface area contributed by atoms with E-state index in [-0.39, 0.29) is 0 Å². The lowest BCUT2D eigenvalue weighted by molar-refractivity contribution is -0.137. The summed E-state index contributed by atoms with van der Waals surface area (Å²) in [6.07, 6.45) is -4.26. The van der Waals surface area contributed by atoms with Gasteiger partial charge in [0, 0.05) is 11.4 Å². The number of hydrogen-bond acceptors (Lipinski definition) is 2. The van der Waals surface area contributed by atoms with Crippen molar-refractivity contribution in [3.63, 3.8) is 0 Å². The fourth-order valence-corrected chi connectivity index (χ4v) is 1.51. The van der Waals surface area contributed by atoms with Crippen LogP contribution in [0.2, 0.25) is 0 Å². The standard InChI is InChI=1S/C7H7F3OS/c1-2-11-6-3-5(4-12-6)7(8,9)10/h3-4H,2H2,1H3. The zero-order chi connectivity index (χ0) is 9.19. The molecule has 0 spiro atoms. The zero-order valence-corrected chi connectivity index (χ0v) is 7.13. The molecule has 0 atom stereocenters. The van der Waals surface area contributed by atoms with Crippen LogP contribution in [0.15, 0.2) is 11.4 Å². The third-order valence-electron chi connectivity index (χ3n) is 1.19. The number of alkyl halides is 3. The molecule has 1 nitrogen and oxygen atoms in total. The molecular formula is C7H7F3OS. The highest BCUT2D eigenvalue weighted by Gasteiger charge is 2.31. The van der Waals surface area contributed by atoms with E-state index in [1.165, 1.54) is 0 Å². The second-order valence-electron chi connectivity index (χ2n) is 2.09. The van der Waals surface area contributed by atoms with Crippen molar-refractivity contribution in [1.82, 2.24) is 0 Å². The van der Waals surface area contributed by atoms with Gasteiger partial charge >= 0.3 is 6.18 Å². The average molecular weight is 196 g/mol. The molecule has 0 saturated heterocycles. The van der Waals surface area contributed by atoms with E-state index < -0.39 is 11.7 Å². The molecule has 68 valence electrons. The van der Waals surface area contributed by atoms with Crippen LogP contribution in [0, 0.1) is 0 Å². The quantitative estimate of drug-likeness (QED) is 0.705. The first-order chi connectivity index (χ1) is 5.54. The van der Waals surface area contributed by atoms with Gasteiger partial charge in [0.25, 0.3) is 0 Å². The molecule has 0 radical (unpaired) electrons. The van der Waals surface area contributed by atoms with E-state index in [4.69, 9.17) is 4.74 Å². The largest absolute Gasteiger partial charge is 0.484 e. The van der Waals surface area contributed by atoms with Gasteiger partial charge in [-0.05, 0) is 6.92 Å². The van der Waals surface area contributed by atoms with Crippen LogP contribution < -0.4 is 4.74 Å². The fourth-order valence-electron chi connectivity index (χ4n) is 0.683. The number of ether oxygens (including phenoxy) is 1. The van der Waals surface area contributed by atoms with Gasteiger partial charge in [0.1, 0.15) is 0 Å². The SMILES string of the molecule is CCOc1cc(C(F)(F)F)cs1. The van der Waals surface area contributed by atoms with Crippen molar-refractivity contribution in [3.8, 4) is 5.06 Å². The summed E-state index contributed by atoms with van der Waals surface area (Å²) in [6, 6.07) is 1.01. The Bertz CT molecular complexity index is 253. The Balaban J connectivity index is 2.77. The first-order valence-corrected chi connectivity index (χ1v) is 4.20. The Hall–Kier alpha value is -0.710. The van der Waals surface area contributed by atoms with Crippen molar-refractivity contribution in [1.29, 1.82) is 0 Å². The van der Waals surface area contributed by atoms with E-state index in [1.54, 1.807) is 6.92 Å². The summed E-state index contributed by atoms with van der Waals surface area (Å²) >= 11 is 0.959. The molecule has 0 bridgehead atoms. The summed E-state index contributed by atoms with van der Waals surface area (Å²) in [4.78, 5) is 0. The van der Waals surface area contributed by atoms with Crippen LogP contribution in [0.4, 0.5) is 13.2 Å². The number of thiophene rings is 1. The maximum atomic E-state index is 12.0. The van der Waals surface area contributed by atoms with Gasteiger partial charge in [-0.2, -0.15) is 13.2 Å². The molecule has 0 N–H and O–H groups in total. The van der Waals surface area contributed by atoms with Crippen molar-refractivity contribution >= 4 is 11.3 Å². The van der Waals surface area contributed by atoms with Crippen LogP contribution in [0.3, 0.4) is 0 Å². The maximum absolute atomic E-state index is 12.0. The third-order valence-corrected chi connectivity index (χ3v) is 2.03. The Morgan fingerprint density at radius 3 is 2.58 bits per heavy atom. The molecule has 0 fully saturated rings. The maximum Gasteiger partial charge on any atom is 0.417 e. The first kappa shape index (κ1) is 9.38. The minimum absolute atomic E-state index is 0.310. The molecule has 0 aromatic carbocycles. The van der Waals surface area contributed by atoms with Gasteiger partial charge in [0.2, 0.25) is 0 Å². The van der Waals surface area contributed by atoms with Crippen LogP contribution in [-0.2, 0) is 6.18 Å². The van der Waals surface area contributed by atoms with Gasteiger partial charge in [-0.3, -0.25) is 0 Å². The molecule has 0 aliphatic carbocycles. The van der Waals surface area contributed by atoms with Crippen LogP contribution >= 0.6 is 11.3 Å². The minimum Gasteiger partial charge on any atom is -0.484 e. The predicted molar refractivity (Wildman–Crippen MR) is 40.5 cm³/mol. The van der Waals surface area contributed by atoms with Gasteiger partial charge in [0.15, 0.2) is 5.06 Å². The highest BCUT2D eigenvalue weighted by Crippen LogP contribution is 2.35. The molecule has 12 heavy (non-hydrogen) atoms. The highest BCUT2D eigenvalue weighted by atomic mass is 32.1. The van der Waals surface area contributed by atoms with E-state index in [0.29, 0.717) is 11.7 Å². The van der Waals surface area contributed by atoms with Gasteiger partial charge < -0.3 is 4.74 Å². The van der Waals surface area contributed by atoms with Crippen molar-refractivity contribution in [2.45, 2.75) is 13.1 Å². The first-order valence-electron chi connectivity index (χ1n) is 3.32. The number of halogens is 3. The molecule has 1 aromatic rings. The molecule has 5 heteroatoms. The summed E-state index contributed by atoms with van der Waals surface area (Å²) in [5, 5.41) is 1.36. The van der Waals surface area contributed by atoms with E-state index in [1.807, 2.05) is 0 Å². The fraction of sp³-hybridized carbons (Fsp3) is 0.429. The Kier molecular flexibility index (Phi) is 2.62. The zero-order valence-electron chi connectivity index (χ0n) is 6.31. The van der Waals surface area contributed by atoms with Gasteiger partial charge in [-0.25, -0.2) is 0 Å². The molecule has 1 aromatic heterocycles. The van der Waals surface area contributed by atoms with Crippen LogP contribution in [0.1, 0.15) is 12.5 Å². The second kappa shape index (κ2) is 3.35. The lowest BCUT2D eigenvalue weighted by atomic mass is 10.3. The molecule has 0 aliphatic rings. The average Bonchev–Trinajstić information content (AvgIpc) is 2.35. The van der Waals surface area contributed by atoms with E-state index in [9.17, 15) is 13.2 Å². The Morgan fingerprint density at radius 2 is 2.17 bits per heavy atom. The molecule has 0 aliphatic heterocycles. The Morgan fingerprint density at radius 1 is 1.50 bits per heavy atom. The summed E-state index contributed by atoms with van der Waals surface area (Å²) in [7, 11) is 0. The summed E-state index contributed by atoms with van der Waals surface area (Å²) in [5.41, 5.74) is -0.643. The number of hydrogen-bond donors (Lipinski definition) is 0. The summed E-state index contributed by atoms with van der Waals surface area (Å²) in [6.45, 7) is 2.12. The highest BCUT2D eigenvalue weighted by molar-refractivity contribution is 7.12. The third kappa shape index (κ3) is 2.14. The smallest absolute Gasteiger partial charge is 0.417 e. The lowest BCUT2D eigenvalue weighted by Gasteiger charge is -2.01. The van der Waals surface area contributed by atoms with Gasteiger partial charge in [0.05, 0.1) is 12.2 Å². The van der Waals surface area contributed by atoms with E-state index in [2.05, 4.69) is 0 Å². The van der Waals surface area contributed by atoms with E-state index >= 15 is 0 Å². The van der Waals surface area contributed by atoms with Crippen LogP contribution in [0.25, 0.3) is 0 Å². The molecule has 0 saturated carbocycles. The number of rotatable bonds is 2. The predicted octanol–water partition coefficient (Wildman–Crippen LogP) is 3.17. The minimum atomic E-state index is -4.26. The van der Waals surface area contributed by atoms with Crippen LogP contribution in [0.5, 0.6) is 5.06 Å². The van der Waals surface area contributed by atoms with Crippen molar-refractivity contribution in [2.24, 2.45) is 0 Å². The Labute approximate surface area is 71.8 Å². The van der Waals surface area contributed by atoms with E-state index in [0.717, 1.165) is 22.8 Å². The van der Waals surface area contributed by atoms with Crippen molar-refractivity contribution in [2.75, 3.05) is 6.61 Å².